The molecule has 1 amide bonds. The molecule has 0 unspecified atom stereocenters. The predicted molar refractivity (Wildman–Crippen MR) is 201 cm³/mol. The van der Waals surface area contributed by atoms with Crippen molar-refractivity contribution >= 4 is 11.9 Å². The van der Waals surface area contributed by atoms with Crippen LogP contribution in [0.2, 0.25) is 0 Å². The van der Waals surface area contributed by atoms with Gasteiger partial charge in [-0.15, -0.1) is 0 Å². The van der Waals surface area contributed by atoms with Gasteiger partial charge in [-0.25, -0.2) is 0 Å². The van der Waals surface area contributed by atoms with E-state index in [4.69, 9.17) is 5.73 Å². The van der Waals surface area contributed by atoms with Crippen LogP contribution in [0.1, 0.15) is 251 Å². The Hall–Kier alpha value is -1.06. The molecule has 0 rings (SSSR count). The number of primary amides is 1. The molecule has 0 spiro atoms. The molecule has 0 aromatic rings. The molecule has 0 fully saturated rings. The zero-order chi connectivity index (χ0) is 33.8. The van der Waals surface area contributed by atoms with Crippen molar-refractivity contribution in [3.05, 3.63) is 0 Å². The fourth-order valence-electron chi connectivity index (χ4n) is 7.32. The minimum Gasteiger partial charge on any atom is -0.481 e. The van der Waals surface area contributed by atoms with Crippen LogP contribution in [0.3, 0.4) is 0 Å². The zero-order valence-electron chi connectivity index (χ0n) is 31.5. The number of nitrogens with two attached hydrogens (primary N) is 1. The van der Waals surface area contributed by atoms with E-state index >= 15 is 0 Å². The smallest absolute Gasteiger partial charge is 0.309 e. The molecular formula is C42H83NO3. The van der Waals surface area contributed by atoms with Gasteiger partial charge in [0.2, 0.25) is 5.91 Å². The molecular weight excluding hydrogens is 566 g/mol. The highest BCUT2D eigenvalue weighted by Crippen LogP contribution is 2.37. The third-order valence-electron chi connectivity index (χ3n) is 10.5. The van der Waals surface area contributed by atoms with E-state index in [0.29, 0.717) is 19.3 Å². The summed E-state index contributed by atoms with van der Waals surface area (Å²) >= 11 is 0. The number of carboxylic acid groups (broad SMARTS) is 1. The van der Waals surface area contributed by atoms with Crippen molar-refractivity contribution in [1.82, 2.24) is 0 Å². The molecule has 0 aliphatic heterocycles. The van der Waals surface area contributed by atoms with Gasteiger partial charge in [0.15, 0.2) is 0 Å². The molecule has 0 aliphatic rings. The van der Waals surface area contributed by atoms with Gasteiger partial charge in [0.1, 0.15) is 0 Å². The van der Waals surface area contributed by atoms with Crippen molar-refractivity contribution in [2.75, 3.05) is 0 Å². The van der Waals surface area contributed by atoms with Crippen molar-refractivity contribution < 1.29 is 14.7 Å². The lowest BCUT2D eigenvalue weighted by Gasteiger charge is -2.30. The monoisotopic (exact) mass is 650 g/mol. The first kappa shape index (κ1) is 44.9. The highest BCUT2D eigenvalue weighted by Gasteiger charge is 2.36. The molecule has 0 bridgehead atoms. The summed E-state index contributed by atoms with van der Waals surface area (Å²) in [6.07, 6.45) is 45.5. The van der Waals surface area contributed by atoms with Crippen LogP contribution in [0.25, 0.3) is 0 Å². The van der Waals surface area contributed by atoms with E-state index in [9.17, 15) is 14.7 Å². The Morgan fingerprint density at radius 3 is 0.826 bits per heavy atom. The van der Waals surface area contributed by atoms with E-state index in [1.165, 1.54) is 180 Å². The van der Waals surface area contributed by atoms with E-state index in [2.05, 4.69) is 13.8 Å². The maximum absolute atomic E-state index is 12.6. The lowest BCUT2D eigenvalue weighted by atomic mass is 9.74. The van der Waals surface area contributed by atoms with Gasteiger partial charge < -0.3 is 10.8 Å². The molecule has 4 nitrogen and oxygen atoms in total. The average molecular weight is 650 g/mol. The fourth-order valence-corrected chi connectivity index (χ4v) is 7.32. The summed E-state index contributed by atoms with van der Waals surface area (Å²) in [5, 5.41) is 10.3. The van der Waals surface area contributed by atoms with Gasteiger partial charge in [-0.1, -0.05) is 219 Å². The van der Waals surface area contributed by atoms with E-state index in [0.717, 1.165) is 38.5 Å². The van der Waals surface area contributed by atoms with Crippen LogP contribution >= 0.6 is 0 Å². The van der Waals surface area contributed by atoms with Crippen molar-refractivity contribution in [3.63, 3.8) is 0 Å². The first-order chi connectivity index (χ1) is 22.5. The predicted octanol–water partition coefficient (Wildman–Crippen LogP) is 14.0. The van der Waals surface area contributed by atoms with Crippen LogP contribution in [-0.4, -0.2) is 17.0 Å². The molecule has 0 atom stereocenters. The largest absolute Gasteiger partial charge is 0.481 e. The summed E-state index contributed by atoms with van der Waals surface area (Å²) in [7, 11) is 0. The molecule has 0 heterocycles. The first-order valence-electron chi connectivity index (χ1n) is 21.0. The van der Waals surface area contributed by atoms with Crippen LogP contribution in [0.15, 0.2) is 0 Å². The molecule has 0 aromatic carbocycles. The third kappa shape index (κ3) is 30.3. The van der Waals surface area contributed by atoms with Gasteiger partial charge in [-0.2, -0.15) is 0 Å². The number of carbonyl (C=O) groups is 2. The number of carboxylic acids is 1. The van der Waals surface area contributed by atoms with Crippen LogP contribution in [0.5, 0.6) is 0 Å². The third-order valence-corrected chi connectivity index (χ3v) is 10.5. The Morgan fingerprint density at radius 2 is 0.609 bits per heavy atom. The van der Waals surface area contributed by atoms with Gasteiger partial charge >= 0.3 is 5.97 Å². The highest BCUT2D eigenvalue weighted by atomic mass is 16.4. The van der Waals surface area contributed by atoms with Gasteiger partial charge in [0, 0.05) is 6.42 Å². The number of hydrogen-bond acceptors (Lipinski definition) is 2. The highest BCUT2D eigenvalue weighted by molar-refractivity contribution is 5.75. The summed E-state index contributed by atoms with van der Waals surface area (Å²) in [4.78, 5) is 23.9. The van der Waals surface area contributed by atoms with E-state index in [-0.39, 0.29) is 5.91 Å². The number of unbranched alkanes of at least 4 members (excludes halogenated alkanes) is 30. The number of hydrogen-bond donors (Lipinski definition) is 2. The SMILES string of the molecule is CCCCCCCCCCCCCCCCCCC(CCCCCCCCCCCCCCCCCC)(CCCC(N)=O)C(=O)O. The van der Waals surface area contributed by atoms with Gasteiger partial charge in [-0.05, 0) is 25.7 Å². The summed E-state index contributed by atoms with van der Waals surface area (Å²) in [6.45, 7) is 4.56. The molecule has 0 aliphatic carbocycles. The number of amides is 1. The van der Waals surface area contributed by atoms with Crippen molar-refractivity contribution in [1.29, 1.82) is 0 Å². The van der Waals surface area contributed by atoms with Gasteiger partial charge in [0.05, 0.1) is 5.41 Å². The van der Waals surface area contributed by atoms with Crippen molar-refractivity contribution in [3.8, 4) is 0 Å². The normalized spacial score (nSPS) is 11.8. The second-order valence-electron chi connectivity index (χ2n) is 15.0. The molecule has 0 saturated heterocycles. The van der Waals surface area contributed by atoms with Crippen molar-refractivity contribution in [2.24, 2.45) is 11.1 Å². The zero-order valence-corrected chi connectivity index (χ0v) is 31.5. The Labute approximate surface area is 288 Å². The Balaban J connectivity index is 4.03. The molecule has 274 valence electrons. The minimum atomic E-state index is -0.679. The minimum absolute atomic E-state index is 0.299. The summed E-state index contributed by atoms with van der Waals surface area (Å²) < 4.78 is 0. The summed E-state index contributed by atoms with van der Waals surface area (Å²) in [5.74, 6) is -0.969. The number of aliphatic carboxylic acids is 1. The van der Waals surface area contributed by atoms with E-state index < -0.39 is 11.4 Å². The van der Waals surface area contributed by atoms with Gasteiger partial charge in [0.25, 0.3) is 0 Å². The van der Waals surface area contributed by atoms with Gasteiger partial charge in [-0.3, -0.25) is 9.59 Å². The molecule has 0 saturated carbocycles. The van der Waals surface area contributed by atoms with E-state index in [1.54, 1.807) is 0 Å². The standard InChI is InChI=1S/C42H83NO3/c1-3-5-7-9-11-13-15-17-19-21-23-25-27-29-31-33-37-42(41(45)46,39-35-36-40(43)44)38-34-32-30-28-26-24-22-20-18-16-14-12-10-8-6-4-2/h3-39H2,1-2H3,(H2,43,44)(H,45,46). The van der Waals surface area contributed by atoms with Crippen LogP contribution in [0.4, 0.5) is 0 Å². The van der Waals surface area contributed by atoms with Crippen molar-refractivity contribution in [2.45, 2.75) is 251 Å². The Bertz CT molecular complexity index is 613. The fraction of sp³-hybridized carbons (Fsp3) is 0.952. The maximum Gasteiger partial charge on any atom is 0.309 e. The lowest BCUT2D eigenvalue weighted by molar-refractivity contribution is -0.151. The second kappa shape index (κ2) is 35.3. The van der Waals surface area contributed by atoms with Crippen LogP contribution in [0, 0.1) is 5.41 Å². The van der Waals surface area contributed by atoms with Crippen LogP contribution < -0.4 is 5.73 Å². The molecule has 46 heavy (non-hydrogen) atoms. The lowest BCUT2D eigenvalue weighted by Crippen LogP contribution is -2.31. The topological polar surface area (TPSA) is 80.4 Å². The first-order valence-corrected chi connectivity index (χ1v) is 21.0. The second-order valence-corrected chi connectivity index (χ2v) is 15.0. The average Bonchev–Trinajstić information content (AvgIpc) is 3.03. The number of rotatable bonds is 39. The summed E-state index contributed by atoms with van der Waals surface area (Å²) in [6, 6.07) is 0. The molecule has 0 aromatic heterocycles. The Morgan fingerprint density at radius 1 is 0.391 bits per heavy atom. The molecule has 0 radical (unpaired) electrons. The molecule has 4 heteroatoms. The van der Waals surface area contributed by atoms with E-state index in [1.807, 2.05) is 0 Å². The summed E-state index contributed by atoms with van der Waals surface area (Å²) in [5.41, 5.74) is 4.71. The molecule has 3 N–H and O–H groups in total. The number of carbonyl (C=O) groups excluding carboxylic acids is 1. The quantitative estimate of drug-likeness (QED) is 0.0650. The van der Waals surface area contributed by atoms with Crippen LogP contribution in [-0.2, 0) is 9.59 Å². The Kier molecular flexibility index (Phi) is 34.4. The maximum atomic E-state index is 12.6.